The molecular formula is C11H20N2O3S. The van der Waals surface area contributed by atoms with Crippen molar-refractivity contribution in [3.63, 3.8) is 0 Å². The van der Waals surface area contributed by atoms with E-state index in [1.54, 1.807) is 11.8 Å². The van der Waals surface area contributed by atoms with Crippen LogP contribution in [0.1, 0.15) is 13.8 Å². The van der Waals surface area contributed by atoms with Gasteiger partial charge < -0.3 is 15.0 Å². The third-order valence-corrected chi connectivity index (χ3v) is 3.70. The van der Waals surface area contributed by atoms with E-state index in [9.17, 15) is 9.59 Å². The minimum Gasteiger partial charge on any atom is -0.378 e. The van der Waals surface area contributed by atoms with E-state index in [1.165, 1.54) is 11.8 Å². The van der Waals surface area contributed by atoms with Crippen LogP contribution < -0.4 is 5.32 Å². The van der Waals surface area contributed by atoms with Gasteiger partial charge in [-0.3, -0.25) is 9.59 Å². The van der Waals surface area contributed by atoms with Gasteiger partial charge in [-0.15, -0.1) is 0 Å². The van der Waals surface area contributed by atoms with E-state index in [0.717, 1.165) is 0 Å². The Balaban J connectivity index is 2.43. The summed E-state index contributed by atoms with van der Waals surface area (Å²) >= 11 is 1.47. The maximum Gasteiger partial charge on any atom is 0.245 e. The van der Waals surface area contributed by atoms with Crippen molar-refractivity contribution < 1.29 is 14.3 Å². The molecule has 0 aromatic carbocycles. The standard InChI is InChI=1S/C11H20N2O3S/c1-8(12-10(14)9(2)17-3)11(15)13-4-6-16-7-5-13/h8-9H,4-7H2,1-3H3,(H,12,14). The summed E-state index contributed by atoms with van der Waals surface area (Å²) in [5, 5.41) is 2.61. The number of thioether (sulfide) groups is 1. The largest absolute Gasteiger partial charge is 0.378 e. The highest BCUT2D eigenvalue weighted by molar-refractivity contribution is 7.99. The van der Waals surface area contributed by atoms with Crippen molar-refractivity contribution in [1.29, 1.82) is 0 Å². The Labute approximate surface area is 106 Å². The molecule has 0 aromatic rings. The second kappa shape index (κ2) is 6.86. The molecule has 98 valence electrons. The van der Waals surface area contributed by atoms with Gasteiger partial charge in [-0.1, -0.05) is 0 Å². The van der Waals surface area contributed by atoms with Gasteiger partial charge in [0.2, 0.25) is 11.8 Å². The fraction of sp³-hybridized carbons (Fsp3) is 0.818. The predicted octanol–water partition coefficient (Wildman–Crippen LogP) is 0.101. The van der Waals surface area contributed by atoms with Gasteiger partial charge in [-0.05, 0) is 20.1 Å². The van der Waals surface area contributed by atoms with Gasteiger partial charge in [0.15, 0.2) is 0 Å². The van der Waals surface area contributed by atoms with E-state index in [0.29, 0.717) is 26.3 Å². The molecular weight excluding hydrogens is 240 g/mol. The van der Waals surface area contributed by atoms with Gasteiger partial charge in [0.25, 0.3) is 0 Å². The number of rotatable bonds is 4. The highest BCUT2D eigenvalue weighted by atomic mass is 32.2. The maximum atomic E-state index is 12.0. The highest BCUT2D eigenvalue weighted by Gasteiger charge is 2.24. The maximum absolute atomic E-state index is 12.0. The van der Waals surface area contributed by atoms with Crippen LogP contribution in [0.15, 0.2) is 0 Å². The molecule has 2 atom stereocenters. The smallest absolute Gasteiger partial charge is 0.245 e. The minimum atomic E-state index is -0.463. The summed E-state index contributed by atoms with van der Waals surface area (Å²) < 4.78 is 5.18. The summed E-state index contributed by atoms with van der Waals surface area (Å²) in [6.45, 7) is 5.92. The zero-order valence-electron chi connectivity index (χ0n) is 10.6. The molecule has 1 saturated heterocycles. The number of nitrogens with one attached hydrogen (secondary N) is 1. The molecule has 0 aromatic heterocycles. The van der Waals surface area contributed by atoms with Crippen molar-refractivity contribution in [3.05, 3.63) is 0 Å². The molecule has 0 bridgehead atoms. The fourth-order valence-electron chi connectivity index (χ4n) is 1.56. The number of nitrogens with zero attached hydrogens (tertiary/aromatic N) is 1. The molecule has 0 spiro atoms. The summed E-state index contributed by atoms with van der Waals surface area (Å²) in [5.74, 6) is -0.124. The van der Waals surface area contributed by atoms with Gasteiger partial charge in [0.1, 0.15) is 6.04 Å². The molecule has 0 saturated carbocycles. The van der Waals surface area contributed by atoms with E-state index in [4.69, 9.17) is 4.74 Å². The first-order valence-corrected chi connectivity index (χ1v) is 7.04. The molecule has 17 heavy (non-hydrogen) atoms. The van der Waals surface area contributed by atoms with Crippen LogP contribution in [0.25, 0.3) is 0 Å². The van der Waals surface area contributed by atoms with Gasteiger partial charge in [-0.25, -0.2) is 0 Å². The van der Waals surface area contributed by atoms with Crippen LogP contribution in [0.5, 0.6) is 0 Å². The van der Waals surface area contributed by atoms with Gasteiger partial charge in [-0.2, -0.15) is 11.8 Å². The Kier molecular flexibility index (Phi) is 5.77. The summed E-state index contributed by atoms with van der Waals surface area (Å²) in [6.07, 6.45) is 1.87. The second-order valence-corrected chi connectivity index (χ2v) is 5.22. The Morgan fingerprint density at radius 1 is 1.29 bits per heavy atom. The number of ether oxygens (including phenoxy) is 1. The van der Waals surface area contributed by atoms with Gasteiger partial charge >= 0.3 is 0 Å². The molecule has 1 aliphatic heterocycles. The van der Waals surface area contributed by atoms with Crippen LogP contribution >= 0.6 is 11.8 Å². The molecule has 1 rings (SSSR count). The summed E-state index contributed by atoms with van der Waals surface area (Å²) in [4.78, 5) is 25.4. The van der Waals surface area contributed by atoms with Crippen molar-refractivity contribution in [1.82, 2.24) is 10.2 Å². The molecule has 1 heterocycles. The number of carbonyl (C=O) groups is 2. The zero-order chi connectivity index (χ0) is 12.8. The van der Waals surface area contributed by atoms with E-state index in [1.807, 2.05) is 13.2 Å². The van der Waals surface area contributed by atoms with Crippen LogP contribution in [-0.4, -0.2) is 60.6 Å². The lowest BCUT2D eigenvalue weighted by molar-refractivity contribution is -0.139. The number of amides is 2. The molecule has 2 unspecified atom stereocenters. The topological polar surface area (TPSA) is 58.6 Å². The lowest BCUT2D eigenvalue weighted by Crippen LogP contribution is -2.51. The third kappa shape index (κ3) is 4.20. The predicted molar refractivity (Wildman–Crippen MR) is 68.0 cm³/mol. The van der Waals surface area contributed by atoms with E-state index in [-0.39, 0.29) is 17.1 Å². The number of carbonyl (C=O) groups excluding carboxylic acids is 2. The Morgan fingerprint density at radius 3 is 2.41 bits per heavy atom. The Hall–Kier alpha value is -0.750. The third-order valence-electron chi connectivity index (χ3n) is 2.77. The molecule has 0 radical (unpaired) electrons. The van der Waals surface area contributed by atoms with E-state index in [2.05, 4.69) is 5.32 Å². The molecule has 0 aliphatic carbocycles. The first-order valence-electron chi connectivity index (χ1n) is 5.76. The van der Waals surface area contributed by atoms with Crippen molar-refractivity contribution in [2.24, 2.45) is 0 Å². The summed E-state index contributed by atoms with van der Waals surface area (Å²) in [6, 6.07) is -0.463. The van der Waals surface area contributed by atoms with Gasteiger partial charge in [0.05, 0.1) is 18.5 Å². The molecule has 1 N–H and O–H groups in total. The monoisotopic (exact) mass is 260 g/mol. The average Bonchev–Trinajstić information content (AvgIpc) is 2.37. The van der Waals surface area contributed by atoms with Crippen molar-refractivity contribution >= 4 is 23.6 Å². The van der Waals surface area contributed by atoms with Crippen LogP contribution in [0.2, 0.25) is 0 Å². The van der Waals surface area contributed by atoms with Crippen LogP contribution in [0, 0.1) is 0 Å². The van der Waals surface area contributed by atoms with Crippen molar-refractivity contribution in [3.8, 4) is 0 Å². The molecule has 6 heteroatoms. The average molecular weight is 260 g/mol. The highest BCUT2D eigenvalue weighted by Crippen LogP contribution is 2.06. The first-order chi connectivity index (χ1) is 8.06. The molecule has 2 amide bonds. The lowest BCUT2D eigenvalue weighted by atomic mass is 10.2. The first kappa shape index (κ1) is 14.3. The SMILES string of the molecule is CSC(C)C(=O)NC(C)C(=O)N1CCOCC1. The zero-order valence-corrected chi connectivity index (χ0v) is 11.4. The van der Waals surface area contributed by atoms with Crippen LogP contribution in [-0.2, 0) is 14.3 Å². The quantitative estimate of drug-likeness (QED) is 0.779. The Bertz CT molecular complexity index is 280. The van der Waals surface area contributed by atoms with Crippen LogP contribution in [0.4, 0.5) is 0 Å². The number of hydrogen-bond donors (Lipinski definition) is 1. The van der Waals surface area contributed by atoms with Gasteiger partial charge in [0, 0.05) is 13.1 Å². The molecule has 1 fully saturated rings. The van der Waals surface area contributed by atoms with Crippen molar-refractivity contribution in [2.45, 2.75) is 25.1 Å². The van der Waals surface area contributed by atoms with E-state index < -0.39 is 6.04 Å². The summed E-state index contributed by atoms with van der Waals surface area (Å²) in [7, 11) is 0. The summed E-state index contributed by atoms with van der Waals surface area (Å²) in [5.41, 5.74) is 0. The lowest BCUT2D eigenvalue weighted by Gasteiger charge is -2.29. The van der Waals surface area contributed by atoms with Crippen LogP contribution in [0.3, 0.4) is 0 Å². The van der Waals surface area contributed by atoms with E-state index >= 15 is 0 Å². The Morgan fingerprint density at radius 2 is 1.88 bits per heavy atom. The minimum absolute atomic E-state index is 0.0325. The normalized spacial score (nSPS) is 19.6. The number of morpholine rings is 1. The number of hydrogen-bond acceptors (Lipinski definition) is 4. The fourth-order valence-corrected chi connectivity index (χ4v) is 1.84. The molecule has 5 nitrogen and oxygen atoms in total. The van der Waals surface area contributed by atoms with Crippen molar-refractivity contribution in [2.75, 3.05) is 32.6 Å². The second-order valence-electron chi connectivity index (χ2n) is 4.05. The molecule has 1 aliphatic rings.